The summed E-state index contributed by atoms with van der Waals surface area (Å²) >= 11 is 0. The van der Waals surface area contributed by atoms with Gasteiger partial charge in [0, 0.05) is 25.5 Å². The van der Waals surface area contributed by atoms with Gasteiger partial charge in [-0.2, -0.15) is 0 Å². The van der Waals surface area contributed by atoms with Gasteiger partial charge in [-0.1, -0.05) is 0 Å². The summed E-state index contributed by atoms with van der Waals surface area (Å²) < 4.78 is 0. The third-order valence-electron chi connectivity index (χ3n) is 3.14. The Hall–Kier alpha value is -0.930. The molecule has 0 aromatic carbocycles. The zero-order valence-electron chi connectivity index (χ0n) is 9.86. The normalized spacial score (nSPS) is 16.8. The van der Waals surface area contributed by atoms with Crippen molar-refractivity contribution >= 4 is 0 Å². The molecule has 0 atom stereocenters. The zero-order valence-corrected chi connectivity index (χ0v) is 9.86. The van der Waals surface area contributed by atoms with Crippen molar-refractivity contribution in [2.45, 2.75) is 19.3 Å². The van der Waals surface area contributed by atoms with Gasteiger partial charge in [0.15, 0.2) is 0 Å². The number of likely N-dealkylation sites (tertiary alicyclic amines) is 1. The van der Waals surface area contributed by atoms with E-state index in [1.165, 1.54) is 38.0 Å². The van der Waals surface area contributed by atoms with Crippen LogP contribution in [0.5, 0.6) is 0 Å². The minimum Gasteiger partial charge on any atom is -0.315 e. The van der Waals surface area contributed by atoms with Gasteiger partial charge in [-0.3, -0.25) is 4.98 Å². The van der Waals surface area contributed by atoms with Crippen molar-refractivity contribution in [1.82, 2.24) is 15.2 Å². The Labute approximate surface area is 97.9 Å². The molecule has 0 radical (unpaired) electrons. The molecule has 0 aliphatic carbocycles. The molecule has 2 heterocycles. The highest BCUT2D eigenvalue weighted by Crippen LogP contribution is 2.05. The summed E-state index contributed by atoms with van der Waals surface area (Å²) in [7, 11) is 0. The summed E-state index contributed by atoms with van der Waals surface area (Å²) in [6.07, 6.45) is 7.59. The van der Waals surface area contributed by atoms with E-state index < -0.39 is 0 Å². The largest absolute Gasteiger partial charge is 0.315 e. The van der Waals surface area contributed by atoms with Crippen LogP contribution in [-0.2, 0) is 6.42 Å². The molecule has 1 aliphatic heterocycles. The highest BCUT2D eigenvalue weighted by molar-refractivity contribution is 5.09. The lowest BCUT2D eigenvalue weighted by atomic mass is 10.2. The number of aromatic nitrogens is 1. The molecule has 16 heavy (non-hydrogen) atoms. The Morgan fingerprint density at radius 3 is 2.62 bits per heavy atom. The molecule has 1 aromatic rings. The van der Waals surface area contributed by atoms with Crippen molar-refractivity contribution < 1.29 is 0 Å². The number of rotatable bonds is 6. The lowest BCUT2D eigenvalue weighted by Crippen LogP contribution is -2.30. The Balaban J connectivity index is 1.52. The predicted molar refractivity (Wildman–Crippen MR) is 66.5 cm³/mol. The third-order valence-corrected chi connectivity index (χ3v) is 3.14. The van der Waals surface area contributed by atoms with E-state index in [2.05, 4.69) is 27.3 Å². The van der Waals surface area contributed by atoms with E-state index in [1.807, 2.05) is 12.4 Å². The molecule has 0 unspecified atom stereocenters. The van der Waals surface area contributed by atoms with E-state index >= 15 is 0 Å². The van der Waals surface area contributed by atoms with Crippen molar-refractivity contribution in [3.63, 3.8) is 0 Å². The number of hydrogen-bond acceptors (Lipinski definition) is 3. The number of nitrogens with zero attached hydrogens (tertiary/aromatic N) is 2. The van der Waals surface area contributed by atoms with E-state index in [9.17, 15) is 0 Å². The van der Waals surface area contributed by atoms with Gasteiger partial charge in [0.1, 0.15) is 0 Å². The van der Waals surface area contributed by atoms with Crippen LogP contribution >= 0.6 is 0 Å². The second kappa shape index (κ2) is 6.61. The average molecular weight is 219 g/mol. The summed E-state index contributed by atoms with van der Waals surface area (Å²) in [5.41, 5.74) is 1.36. The minimum atomic E-state index is 1.07. The highest BCUT2D eigenvalue weighted by Gasteiger charge is 2.09. The van der Waals surface area contributed by atoms with Gasteiger partial charge >= 0.3 is 0 Å². The van der Waals surface area contributed by atoms with E-state index in [1.54, 1.807) is 0 Å². The molecule has 3 heteroatoms. The summed E-state index contributed by atoms with van der Waals surface area (Å²) in [6.45, 7) is 5.98. The molecule has 1 aromatic heterocycles. The molecule has 0 spiro atoms. The molecule has 0 amide bonds. The molecule has 2 rings (SSSR count). The van der Waals surface area contributed by atoms with Gasteiger partial charge < -0.3 is 10.2 Å². The molecule has 1 fully saturated rings. The summed E-state index contributed by atoms with van der Waals surface area (Å²) in [4.78, 5) is 6.56. The smallest absolute Gasteiger partial charge is 0.0270 e. The van der Waals surface area contributed by atoms with Gasteiger partial charge in [0.25, 0.3) is 0 Å². The van der Waals surface area contributed by atoms with Crippen LogP contribution in [0.4, 0.5) is 0 Å². The molecule has 1 N–H and O–H groups in total. The fraction of sp³-hybridized carbons (Fsp3) is 0.615. The van der Waals surface area contributed by atoms with Gasteiger partial charge in [0.2, 0.25) is 0 Å². The summed E-state index contributed by atoms with van der Waals surface area (Å²) in [6, 6.07) is 4.17. The zero-order chi connectivity index (χ0) is 11.1. The molecule has 0 saturated carbocycles. The maximum absolute atomic E-state index is 4.02. The van der Waals surface area contributed by atoms with Crippen LogP contribution in [0.25, 0.3) is 0 Å². The Morgan fingerprint density at radius 1 is 1.12 bits per heavy atom. The molecule has 1 aliphatic rings. The summed E-state index contributed by atoms with van der Waals surface area (Å²) in [5.74, 6) is 0. The van der Waals surface area contributed by atoms with E-state index in [4.69, 9.17) is 0 Å². The first kappa shape index (κ1) is 11.6. The molecular weight excluding hydrogens is 198 g/mol. The van der Waals surface area contributed by atoms with Gasteiger partial charge in [-0.15, -0.1) is 0 Å². The van der Waals surface area contributed by atoms with Crippen molar-refractivity contribution in [3.8, 4) is 0 Å². The maximum Gasteiger partial charge on any atom is 0.0270 e. The Bertz CT molecular complexity index is 280. The van der Waals surface area contributed by atoms with Gasteiger partial charge in [-0.25, -0.2) is 0 Å². The lowest BCUT2D eigenvalue weighted by Gasteiger charge is -2.14. The SMILES string of the molecule is c1cc(CCNCCN2CCCC2)ccn1. The monoisotopic (exact) mass is 219 g/mol. The van der Waals surface area contributed by atoms with Crippen molar-refractivity contribution in [2.24, 2.45) is 0 Å². The fourth-order valence-electron chi connectivity index (χ4n) is 2.15. The van der Waals surface area contributed by atoms with Crippen LogP contribution in [0.15, 0.2) is 24.5 Å². The van der Waals surface area contributed by atoms with Crippen LogP contribution in [0.1, 0.15) is 18.4 Å². The van der Waals surface area contributed by atoms with Crippen LogP contribution in [0.3, 0.4) is 0 Å². The molecule has 88 valence electrons. The first-order chi connectivity index (χ1) is 7.95. The third kappa shape index (κ3) is 3.91. The second-order valence-electron chi connectivity index (χ2n) is 4.40. The molecule has 1 saturated heterocycles. The quantitative estimate of drug-likeness (QED) is 0.731. The first-order valence-corrected chi connectivity index (χ1v) is 6.27. The Kier molecular flexibility index (Phi) is 4.77. The van der Waals surface area contributed by atoms with E-state index in [0.29, 0.717) is 0 Å². The van der Waals surface area contributed by atoms with Gasteiger partial charge in [-0.05, 0) is 56.6 Å². The molecule has 3 nitrogen and oxygen atoms in total. The molecular formula is C13H21N3. The first-order valence-electron chi connectivity index (χ1n) is 6.27. The average Bonchev–Trinajstić information content (AvgIpc) is 2.83. The topological polar surface area (TPSA) is 28.2 Å². The predicted octanol–water partition coefficient (Wildman–Crippen LogP) is 1.31. The highest BCUT2D eigenvalue weighted by atomic mass is 15.1. The van der Waals surface area contributed by atoms with Gasteiger partial charge in [0.05, 0.1) is 0 Å². The van der Waals surface area contributed by atoms with E-state index in [-0.39, 0.29) is 0 Å². The number of nitrogens with one attached hydrogen (secondary N) is 1. The number of hydrogen-bond donors (Lipinski definition) is 1. The molecule has 0 bridgehead atoms. The van der Waals surface area contributed by atoms with Crippen LogP contribution < -0.4 is 5.32 Å². The Morgan fingerprint density at radius 2 is 1.88 bits per heavy atom. The maximum atomic E-state index is 4.02. The minimum absolute atomic E-state index is 1.07. The van der Waals surface area contributed by atoms with E-state index in [0.717, 1.165) is 19.5 Å². The van der Waals surface area contributed by atoms with Crippen molar-refractivity contribution in [3.05, 3.63) is 30.1 Å². The fourth-order valence-corrected chi connectivity index (χ4v) is 2.15. The second-order valence-corrected chi connectivity index (χ2v) is 4.40. The van der Waals surface area contributed by atoms with Crippen molar-refractivity contribution in [2.75, 3.05) is 32.7 Å². The standard InChI is InChI=1S/C13H21N3/c1-2-11-16(10-1)12-9-15-8-5-13-3-6-14-7-4-13/h3-4,6-7,15H,1-2,5,8-12H2. The summed E-state index contributed by atoms with van der Waals surface area (Å²) in [5, 5.41) is 3.50. The van der Waals surface area contributed by atoms with Crippen LogP contribution in [0, 0.1) is 0 Å². The van der Waals surface area contributed by atoms with Crippen LogP contribution in [-0.4, -0.2) is 42.6 Å². The van der Waals surface area contributed by atoms with Crippen molar-refractivity contribution in [1.29, 1.82) is 0 Å². The lowest BCUT2D eigenvalue weighted by molar-refractivity contribution is 0.336. The number of pyridine rings is 1. The van der Waals surface area contributed by atoms with Crippen LogP contribution in [0.2, 0.25) is 0 Å².